The molecule has 0 aromatic heterocycles. The van der Waals surface area contributed by atoms with E-state index in [0.29, 0.717) is 5.57 Å². The van der Waals surface area contributed by atoms with E-state index in [-0.39, 0.29) is 11.6 Å². The lowest BCUT2D eigenvalue weighted by atomic mass is 9.89. The SMILES string of the molecule is CNC1C=CC2=CC=CC(O)(S(=O)(=O)O)C2=C1. The van der Waals surface area contributed by atoms with Crippen LogP contribution in [-0.2, 0) is 10.1 Å². The maximum atomic E-state index is 11.3. The van der Waals surface area contributed by atoms with E-state index in [1.54, 1.807) is 25.3 Å². The number of rotatable bonds is 2. The lowest BCUT2D eigenvalue weighted by Gasteiger charge is -2.30. The molecule has 92 valence electrons. The van der Waals surface area contributed by atoms with Crippen molar-refractivity contribution in [1.82, 2.24) is 5.32 Å². The molecule has 6 heteroatoms. The molecule has 2 atom stereocenters. The highest BCUT2D eigenvalue weighted by molar-refractivity contribution is 7.87. The molecule has 0 heterocycles. The molecule has 0 saturated carbocycles. The number of hydrogen-bond acceptors (Lipinski definition) is 4. The van der Waals surface area contributed by atoms with Crippen LogP contribution in [0.4, 0.5) is 0 Å². The summed E-state index contributed by atoms with van der Waals surface area (Å²) in [5, 5.41) is 13.0. The van der Waals surface area contributed by atoms with Crippen LogP contribution in [0.25, 0.3) is 0 Å². The summed E-state index contributed by atoms with van der Waals surface area (Å²) in [6.07, 6.45) is 9.25. The van der Waals surface area contributed by atoms with Gasteiger partial charge < -0.3 is 10.4 Å². The van der Waals surface area contributed by atoms with Crippen molar-refractivity contribution in [2.45, 2.75) is 11.0 Å². The van der Waals surface area contributed by atoms with Crippen LogP contribution in [0.1, 0.15) is 0 Å². The summed E-state index contributed by atoms with van der Waals surface area (Å²) in [6, 6.07) is -0.179. The van der Waals surface area contributed by atoms with Crippen LogP contribution in [0.3, 0.4) is 0 Å². The van der Waals surface area contributed by atoms with Gasteiger partial charge in [-0.25, -0.2) is 0 Å². The molecular formula is C11H13NO4S. The number of nitrogens with one attached hydrogen (secondary N) is 1. The van der Waals surface area contributed by atoms with Crippen LogP contribution in [0.5, 0.6) is 0 Å². The zero-order chi connectivity index (χ0) is 12.7. The van der Waals surface area contributed by atoms with Crippen molar-refractivity contribution in [2.75, 3.05) is 7.05 Å². The minimum Gasteiger partial charge on any atom is -0.366 e. The third-order valence-corrected chi connectivity index (χ3v) is 3.99. The highest BCUT2D eigenvalue weighted by Gasteiger charge is 2.45. The molecule has 0 saturated heterocycles. The minimum absolute atomic E-state index is 0.171. The van der Waals surface area contributed by atoms with E-state index in [4.69, 9.17) is 4.55 Å². The number of aliphatic hydroxyl groups is 1. The number of allylic oxidation sites excluding steroid dienone is 3. The van der Waals surface area contributed by atoms with Crippen LogP contribution < -0.4 is 5.32 Å². The Morgan fingerprint density at radius 2 is 2.18 bits per heavy atom. The summed E-state index contributed by atoms with van der Waals surface area (Å²) < 4.78 is 31.8. The van der Waals surface area contributed by atoms with Crippen molar-refractivity contribution < 1.29 is 18.1 Å². The van der Waals surface area contributed by atoms with E-state index in [1.165, 1.54) is 6.08 Å². The molecule has 3 N–H and O–H groups in total. The highest BCUT2D eigenvalue weighted by Crippen LogP contribution is 2.36. The fourth-order valence-electron chi connectivity index (χ4n) is 1.88. The summed E-state index contributed by atoms with van der Waals surface area (Å²) in [5.74, 6) is 0. The van der Waals surface area contributed by atoms with E-state index >= 15 is 0 Å². The molecule has 0 radical (unpaired) electrons. The lowest BCUT2D eigenvalue weighted by molar-refractivity contribution is 0.196. The van der Waals surface area contributed by atoms with Gasteiger partial charge in [0, 0.05) is 11.6 Å². The summed E-state index contributed by atoms with van der Waals surface area (Å²) in [6.45, 7) is 0. The second-order valence-electron chi connectivity index (χ2n) is 3.91. The van der Waals surface area contributed by atoms with Gasteiger partial charge >= 0.3 is 10.1 Å². The first-order chi connectivity index (χ1) is 7.88. The summed E-state index contributed by atoms with van der Waals surface area (Å²) in [5.41, 5.74) is 0.739. The average molecular weight is 255 g/mol. The Morgan fingerprint density at radius 3 is 2.76 bits per heavy atom. The van der Waals surface area contributed by atoms with Gasteiger partial charge in [-0.1, -0.05) is 30.4 Å². The van der Waals surface area contributed by atoms with Gasteiger partial charge in [0.25, 0.3) is 0 Å². The van der Waals surface area contributed by atoms with Crippen LogP contribution in [0, 0.1) is 0 Å². The van der Waals surface area contributed by atoms with Crippen molar-refractivity contribution in [3.63, 3.8) is 0 Å². The quantitative estimate of drug-likeness (QED) is 0.611. The van der Waals surface area contributed by atoms with Crippen LogP contribution >= 0.6 is 0 Å². The predicted molar refractivity (Wildman–Crippen MR) is 63.8 cm³/mol. The van der Waals surface area contributed by atoms with Gasteiger partial charge in [0.2, 0.25) is 4.93 Å². The van der Waals surface area contributed by atoms with Gasteiger partial charge in [0.1, 0.15) is 0 Å². The molecule has 0 spiro atoms. The lowest BCUT2D eigenvalue weighted by Crippen LogP contribution is -2.41. The van der Waals surface area contributed by atoms with Crippen molar-refractivity contribution in [1.29, 1.82) is 0 Å². The molecule has 0 aromatic carbocycles. The van der Waals surface area contributed by atoms with Crippen molar-refractivity contribution in [2.24, 2.45) is 0 Å². The third-order valence-electron chi connectivity index (χ3n) is 2.85. The summed E-state index contributed by atoms with van der Waals surface area (Å²) >= 11 is 0. The number of fused-ring (bicyclic) bond motifs is 1. The molecule has 2 unspecified atom stereocenters. The minimum atomic E-state index is -4.63. The van der Waals surface area contributed by atoms with E-state index < -0.39 is 15.1 Å². The van der Waals surface area contributed by atoms with Gasteiger partial charge in [0.15, 0.2) is 0 Å². The Hall–Kier alpha value is -1.21. The Labute approximate surface area is 99.6 Å². The fraction of sp³-hybridized carbons (Fsp3) is 0.273. The van der Waals surface area contributed by atoms with Gasteiger partial charge in [-0.3, -0.25) is 4.55 Å². The van der Waals surface area contributed by atoms with Gasteiger partial charge in [-0.15, -0.1) is 0 Å². The average Bonchev–Trinajstić information content (AvgIpc) is 2.28. The first-order valence-corrected chi connectivity index (χ1v) is 6.49. The van der Waals surface area contributed by atoms with Crippen molar-refractivity contribution in [3.05, 3.63) is 47.6 Å². The molecule has 0 amide bonds. The summed E-state index contributed by atoms with van der Waals surface area (Å²) in [7, 11) is -2.92. The van der Waals surface area contributed by atoms with Gasteiger partial charge in [-0.2, -0.15) is 8.42 Å². The van der Waals surface area contributed by atoms with Crippen molar-refractivity contribution >= 4 is 10.1 Å². The molecule has 0 fully saturated rings. The fourth-order valence-corrected chi connectivity index (χ4v) is 2.59. The maximum Gasteiger partial charge on any atom is 0.303 e. The molecule has 17 heavy (non-hydrogen) atoms. The molecule has 5 nitrogen and oxygen atoms in total. The predicted octanol–water partition coefficient (Wildman–Crippen LogP) is 0.143. The standard InChI is InChI=1S/C11H13NO4S/c1-12-9-5-4-8-3-2-6-11(13,10(8)7-9)17(14,15)16/h2-7,9,12-13H,1H3,(H,14,15,16). The smallest absolute Gasteiger partial charge is 0.303 e. The molecule has 0 bridgehead atoms. The van der Waals surface area contributed by atoms with Crippen LogP contribution in [0.15, 0.2) is 47.6 Å². The normalized spacial score (nSPS) is 31.8. The molecule has 2 aliphatic carbocycles. The Kier molecular flexibility index (Phi) is 2.82. The first kappa shape index (κ1) is 12.3. The Morgan fingerprint density at radius 1 is 1.47 bits per heavy atom. The van der Waals surface area contributed by atoms with E-state index in [1.807, 2.05) is 6.08 Å². The molecule has 0 aromatic rings. The number of hydrogen-bond donors (Lipinski definition) is 3. The summed E-state index contributed by atoms with van der Waals surface area (Å²) in [4.78, 5) is -2.36. The monoisotopic (exact) mass is 255 g/mol. The van der Waals surface area contributed by atoms with Gasteiger partial charge in [0.05, 0.1) is 0 Å². The molecular weight excluding hydrogens is 242 g/mol. The van der Waals surface area contributed by atoms with Crippen LogP contribution in [0.2, 0.25) is 0 Å². The maximum absolute atomic E-state index is 11.3. The van der Waals surface area contributed by atoms with Crippen molar-refractivity contribution in [3.8, 4) is 0 Å². The van der Waals surface area contributed by atoms with Gasteiger partial charge in [-0.05, 0) is 18.7 Å². The zero-order valence-electron chi connectivity index (χ0n) is 9.16. The largest absolute Gasteiger partial charge is 0.366 e. The molecule has 2 rings (SSSR count). The Bertz CT molecular complexity index is 556. The second-order valence-corrected chi connectivity index (χ2v) is 5.48. The topological polar surface area (TPSA) is 86.6 Å². The van der Waals surface area contributed by atoms with E-state index in [9.17, 15) is 13.5 Å². The zero-order valence-corrected chi connectivity index (χ0v) is 9.98. The Balaban J connectivity index is 2.57. The second kappa shape index (κ2) is 3.92. The molecule has 2 aliphatic rings. The van der Waals surface area contributed by atoms with E-state index in [2.05, 4.69) is 5.32 Å². The van der Waals surface area contributed by atoms with E-state index in [0.717, 1.165) is 6.08 Å². The first-order valence-electron chi connectivity index (χ1n) is 5.05. The highest BCUT2D eigenvalue weighted by atomic mass is 32.2. The number of likely N-dealkylation sites (N-methyl/N-ethyl adjacent to an activating group) is 1. The molecule has 0 aliphatic heterocycles. The van der Waals surface area contributed by atoms with Crippen LogP contribution in [-0.4, -0.2) is 36.1 Å². The third kappa shape index (κ3) is 1.89.